The Kier molecular flexibility index (Phi) is 5.66. The van der Waals surface area contributed by atoms with Gasteiger partial charge in [0.15, 0.2) is 0 Å². The van der Waals surface area contributed by atoms with Crippen molar-refractivity contribution in [2.24, 2.45) is 0 Å². The van der Waals surface area contributed by atoms with Crippen LogP contribution in [0.15, 0.2) is 48.8 Å². The van der Waals surface area contributed by atoms with Crippen LogP contribution in [0.1, 0.15) is 43.1 Å². The molecular formula is C24H24N4O3. The number of nitrogens with one attached hydrogen (secondary N) is 1. The molecule has 3 heterocycles. The van der Waals surface area contributed by atoms with Gasteiger partial charge in [-0.25, -0.2) is 4.98 Å². The number of methoxy groups -OCH3 is 1. The second kappa shape index (κ2) is 8.55. The normalized spacial score (nSPS) is 13.0. The number of fused-ring (bicyclic) bond motifs is 1. The van der Waals surface area contributed by atoms with E-state index in [1.807, 2.05) is 37.3 Å². The lowest BCUT2D eigenvalue weighted by Crippen LogP contribution is -2.38. The zero-order valence-electron chi connectivity index (χ0n) is 17.8. The number of hydrogen-bond donors (Lipinski definition) is 1. The van der Waals surface area contributed by atoms with E-state index in [2.05, 4.69) is 15.3 Å². The van der Waals surface area contributed by atoms with Crippen molar-refractivity contribution in [3.8, 4) is 5.75 Å². The maximum atomic E-state index is 13.3. The van der Waals surface area contributed by atoms with Crippen LogP contribution in [0.2, 0.25) is 0 Å². The quantitative estimate of drug-likeness (QED) is 0.691. The van der Waals surface area contributed by atoms with E-state index in [0.717, 1.165) is 34.4 Å². The number of anilines is 1. The van der Waals surface area contributed by atoms with Crippen LogP contribution in [0.3, 0.4) is 0 Å². The molecule has 0 spiro atoms. The largest absolute Gasteiger partial charge is 0.496 e. The van der Waals surface area contributed by atoms with E-state index in [0.29, 0.717) is 30.0 Å². The van der Waals surface area contributed by atoms with Crippen LogP contribution >= 0.6 is 0 Å². The molecule has 0 unspecified atom stereocenters. The summed E-state index contributed by atoms with van der Waals surface area (Å²) in [5, 5.41) is 2.56. The van der Waals surface area contributed by atoms with E-state index in [4.69, 9.17) is 4.74 Å². The first-order valence-corrected chi connectivity index (χ1v) is 10.1. The Morgan fingerprint density at radius 2 is 2.06 bits per heavy atom. The van der Waals surface area contributed by atoms with Crippen molar-refractivity contribution in [2.45, 2.75) is 19.8 Å². The summed E-state index contributed by atoms with van der Waals surface area (Å²) in [6, 6.07) is 11.2. The molecule has 1 aliphatic rings. The molecule has 0 saturated carbocycles. The van der Waals surface area contributed by atoms with Gasteiger partial charge in [0.2, 0.25) is 0 Å². The van der Waals surface area contributed by atoms with E-state index in [-0.39, 0.29) is 11.8 Å². The van der Waals surface area contributed by atoms with Crippen LogP contribution in [-0.2, 0) is 12.8 Å². The van der Waals surface area contributed by atoms with Gasteiger partial charge >= 0.3 is 0 Å². The topological polar surface area (TPSA) is 84.4 Å². The maximum absolute atomic E-state index is 13.3. The number of pyridine rings is 2. The highest BCUT2D eigenvalue weighted by atomic mass is 16.5. The molecule has 1 aromatic carbocycles. The SMILES string of the molecule is CNC(=O)c1ccc(Cc2cc3c(cc2OC)CCN(c2ncccc2C)C3=O)cn1. The predicted octanol–water partition coefficient (Wildman–Crippen LogP) is 2.95. The van der Waals surface area contributed by atoms with Crippen molar-refractivity contribution in [2.75, 3.05) is 25.6 Å². The fourth-order valence-corrected chi connectivity index (χ4v) is 3.85. The Bertz CT molecular complexity index is 1140. The molecule has 0 radical (unpaired) electrons. The van der Waals surface area contributed by atoms with Crippen molar-refractivity contribution in [1.29, 1.82) is 0 Å². The lowest BCUT2D eigenvalue weighted by molar-refractivity contribution is 0.0955. The summed E-state index contributed by atoms with van der Waals surface area (Å²) in [6.07, 6.45) is 4.65. The van der Waals surface area contributed by atoms with Gasteiger partial charge in [0.05, 0.1) is 7.11 Å². The predicted molar refractivity (Wildman–Crippen MR) is 118 cm³/mol. The molecule has 0 bridgehead atoms. The van der Waals surface area contributed by atoms with Crippen LogP contribution in [0.25, 0.3) is 0 Å². The number of rotatable bonds is 5. The molecule has 2 aromatic heterocycles. The number of nitrogens with zero attached hydrogens (tertiary/aromatic N) is 3. The number of carbonyl (C=O) groups is 2. The van der Waals surface area contributed by atoms with Crippen molar-refractivity contribution in [3.63, 3.8) is 0 Å². The molecule has 7 heteroatoms. The van der Waals surface area contributed by atoms with Crippen molar-refractivity contribution >= 4 is 17.6 Å². The van der Waals surface area contributed by atoms with Crippen molar-refractivity contribution in [1.82, 2.24) is 15.3 Å². The van der Waals surface area contributed by atoms with E-state index in [1.54, 1.807) is 37.5 Å². The minimum atomic E-state index is -0.228. The van der Waals surface area contributed by atoms with Gasteiger partial charge in [-0.3, -0.25) is 19.5 Å². The Morgan fingerprint density at radius 3 is 2.74 bits per heavy atom. The number of amides is 2. The smallest absolute Gasteiger partial charge is 0.269 e. The van der Waals surface area contributed by atoms with Crippen LogP contribution in [0.4, 0.5) is 5.82 Å². The molecule has 1 aliphatic heterocycles. The number of benzene rings is 1. The number of aryl methyl sites for hydroxylation is 1. The summed E-state index contributed by atoms with van der Waals surface area (Å²) < 4.78 is 5.61. The Hall–Kier alpha value is -3.74. The highest BCUT2D eigenvalue weighted by molar-refractivity contribution is 6.08. The van der Waals surface area contributed by atoms with Crippen LogP contribution < -0.4 is 15.0 Å². The summed E-state index contributed by atoms with van der Waals surface area (Å²) in [5.74, 6) is 1.15. The van der Waals surface area contributed by atoms with Gasteiger partial charge in [0.25, 0.3) is 11.8 Å². The van der Waals surface area contributed by atoms with Gasteiger partial charge in [0, 0.05) is 38.0 Å². The molecule has 0 aliphatic carbocycles. The second-order valence-electron chi connectivity index (χ2n) is 7.48. The molecule has 4 rings (SSSR count). The van der Waals surface area contributed by atoms with Crippen LogP contribution in [0.5, 0.6) is 5.75 Å². The van der Waals surface area contributed by atoms with Crippen molar-refractivity contribution < 1.29 is 14.3 Å². The molecule has 7 nitrogen and oxygen atoms in total. The van der Waals surface area contributed by atoms with E-state index < -0.39 is 0 Å². The molecule has 1 N–H and O–H groups in total. The summed E-state index contributed by atoms with van der Waals surface area (Å²) in [6.45, 7) is 2.54. The molecule has 2 amide bonds. The first-order valence-electron chi connectivity index (χ1n) is 10.1. The number of carbonyl (C=O) groups excluding carboxylic acids is 2. The van der Waals surface area contributed by atoms with Gasteiger partial charge in [-0.05, 0) is 59.9 Å². The van der Waals surface area contributed by atoms with Gasteiger partial charge in [-0.1, -0.05) is 12.1 Å². The first-order chi connectivity index (χ1) is 15.0. The fourth-order valence-electron chi connectivity index (χ4n) is 3.85. The highest BCUT2D eigenvalue weighted by Crippen LogP contribution is 2.31. The Morgan fingerprint density at radius 1 is 1.23 bits per heavy atom. The number of hydrogen-bond acceptors (Lipinski definition) is 5. The van der Waals surface area contributed by atoms with Gasteiger partial charge < -0.3 is 10.1 Å². The average molecular weight is 416 g/mol. The Labute approximate surface area is 181 Å². The lowest BCUT2D eigenvalue weighted by Gasteiger charge is -2.29. The van der Waals surface area contributed by atoms with Gasteiger partial charge in [-0.2, -0.15) is 0 Å². The third-order valence-corrected chi connectivity index (χ3v) is 5.50. The maximum Gasteiger partial charge on any atom is 0.269 e. The first kappa shape index (κ1) is 20.5. The van der Waals surface area contributed by atoms with Crippen LogP contribution in [0, 0.1) is 6.92 Å². The molecule has 3 aromatic rings. The second-order valence-corrected chi connectivity index (χ2v) is 7.48. The minimum Gasteiger partial charge on any atom is -0.496 e. The van der Waals surface area contributed by atoms with E-state index in [9.17, 15) is 9.59 Å². The van der Waals surface area contributed by atoms with Crippen molar-refractivity contribution in [3.05, 3.63) is 82.3 Å². The zero-order chi connectivity index (χ0) is 22.0. The number of aromatic nitrogens is 2. The monoisotopic (exact) mass is 416 g/mol. The molecule has 158 valence electrons. The van der Waals surface area contributed by atoms with E-state index >= 15 is 0 Å². The van der Waals surface area contributed by atoms with E-state index in [1.165, 1.54) is 0 Å². The highest BCUT2D eigenvalue weighted by Gasteiger charge is 2.28. The van der Waals surface area contributed by atoms with Gasteiger partial charge in [-0.15, -0.1) is 0 Å². The fraction of sp³-hybridized carbons (Fsp3) is 0.250. The lowest BCUT2D eigenvalue weighted by atomic mass is 9.93. The summed E-state index contributed by atoms with van der Waals surface area (Å²) in [4.78, 5) is 35.4. The summed E-state index contributed by atoms with van der Waals surface area (Å²) in [5.41, 5.74) is 4.79. The molecule has 0 fully saturated rings. The summed E-state index contributed by atoms with van der Waals surface area (Å²) >= 11 is 0. The average Bonchev–Trinajstić information content (AvgIpc) is 2.80. The molecule has 31 heavy (non-hydrogen) atoms. The molecular weight excluding hydrogens is 392 g/mol. The number of ether oxygens (including phenoxy) is 1. The minimum absolute atomic E-state index is 0.0555. The third kappa shape index (κ3) is 3.99. The molecule has 0 saturated heterocycles. The summed E-state index contributed by atoms with van der Waals surface area (Å²) in [7, 11) is 3.20. The standard InChI is InChI=1S/C24H24N4O3/c1-15-5-4-9-26-22(15)28-10-8-17-13-21(31-3)18(12-19(17)24(28)30)11-16-6-7-20(27-14-16)23(29)25-2/h4-7,9,12-14H,8,10-11H2,1-3H3,(H,25,29). The van der Waals surface area contributed by atoms with Gasteiger partial charge in [0.1, 0.15) is 17.3 Å². The Balaban J connectivity index is 1.66. The molecule has 0 atom stereocenters. The third-order valence-electron chi connectivity index (χ3n) is 5.50. The van der Waals surface area contributed by atoms with Crippen LogP contribution in [-0.4, -0.2) is 42.5 Å². The zero-order valence-corrected chi connectivity index (χ0v) is 17.8.